The summed E-state index contributed by atoms with van der Waals surface area (Å²) in [6.07, 6.45) is 0.354. The van der Waals surface area contributed by atoms with Crippen LogP contribution in [0.1, 0.15) is 43.7 Å². The van der Waals surface area contributed by atoms with Crippen molar-refractivity contribution in [2.24, 2.45) is 5.92 Å². The van der Waals surface area contributed by atoms with E-state index in [0.29, 0.717) is 19.4 Å². The normalized spacial score (nSPS) is 20.7. The number of fused-ring (bicyclic) bond motifs is 3. The first-order valence-electron chi connectivity index (χ1n) is 11.8. The average molecular weight is 462 g/mol. The van der Waals surface area contributed by atoms with Gasteiger partial charge in [0.1, 0.15) is 18.7 Å². The van der Waals surface area contributed by atoms with Gasteiger partial charge in [0.2, 0.25) is 5.91 Å². The van der Waals surface area contributed by atoms with Crippen molar-refractivity contribution in [3.63, 3.8) is 0 Å². The lowest BCUT2D eigenvalue weighted by Crippen LogP contribution is -2.53. The zero-order valence-electron chi connectivity index (χ0n) is 19.9. The second-order valence-electron chi connectivity index (χ2n) is 9.06. The summed E-state index contributed by atoms with van der Waals surface area (Å²) >= 11 is 0. The maximum absolute atomic E-state index is 13.3. The van der Waals surface area contributed by atoms with Crippen LogP contribution in [0, 0.1) is 17.2 Å². The van der Waals surface area contributed by atoms with Crippen molar-refractivity contribution in [3.8, 4) is 17.2 Å². The van der Waals surface area contributed by atoms with Crippen LogP contribution in [0.4, 0.5) is 4.79 Å². The Morgan fingerprint density at radius 2 is 1.76 bits per heavy atom. The molecule has 1 fully saturated rings. The van der Waals surface area contributed by atoms with Gasteiger partial charge in [0.25, 0.3) is 0 Å². The van der Waals surface area contributed by atoms with Crippen molar-refractivity contribution in [1.29, 1.82) is 5.26 Å². The van der Waals surface area contributed by atoms with Crippen molar-refractivity contribution in [1.82, 2.24) is 10.2 Å². The van der Waals surface area contributed by atoms with Gasteiger partial charge in [-0.25, -0.2) is 4.79 Å². The molecule has 4 atom stereocenters. The maximum atomic E-state index is 13.3. The fourth-order valence-electron chi connectivity index (χ4n) is 4.96. The van der Waals surface area contributed by atoms with Gasteiger partial charge in [-0.3, -0.25) is 4.79 Å². The molecule has 0 unspecified atom stereocenters. The number of hydrogen-bond acceptors (Lipinski definition) is 5. The summed E-state index contributed by atoms with van der Waals surface area (Å²) < 4.78 is 11.0. The first-order chi connectivity index (χ1) is 16.5. The number of methoxy groups -OCH3 is 1. The molecule has 0 spiro atoms. The number of likely N-dealkylation sites (tertiary alicyclic amines) is 1. The van der Waals surface area contributed by atoms with E-state index in [1.807, 2.05) is 38.1 Å². The highest BCUT2D eigenvalue weighted by Crippen LogP contribution is 2.44. The van der Waals surface area contributed by atoms with Crippen molar-refractivity contribution in [3.05, 3.63) is 59.7 Å². The summed E-state index contributed by atoms with van der Waals surface area (Å²) in [6.45, 7) is 4.40. The molecule has 1 N–H and O–H groups in total. The Kier molecular flexibility index (Phi) is 7.18. The summed E-state index contributed by atoms with van der Waals surface area (Å²) in [4.78, 5) is 27.7. The van der Waals surface area contributed by atoms with E-state index in [0.717, 1.165) is 22.3 Å². The number of amides is 2. The number of ether oxygens (including phenoxy) is 2. The van der Waals surface area contributed by atoms with Gasteiger partial charge in [0.15, 0.2) is 0 Å². The standard InChI is InChI=1S/C27H31N3O4/c1-4-17(2)25(26(31)30-15-19(33-3)13-18(30)14-28)29-27(32)34-16-24-22-11-7-5-9-20(22)21-10-6-8-12-23(21)24/h5-12,17-19,24-25H,4,13,15-16H2,1-3H3,(H,29,32)/t17-,18-,19-,25-/m0/s1. The SMILES string of the molecule is CC[C@H](C)[C@H](NC(=O)OCC1c2ccccc2-c2ccccc21)C(=O)N1C[C@@H](OC)C[C@H]1C#N. The minimum atomic E-state index is -0.771. The van der Waals surface area contributed by atoms with Gasteiger partial charge in [0, 0.05) is 26.0 Å². The van der Waals surface area contributed by atoms with Crippen LogP contribution in [-0.4, -0.2) is 55.3 Å². The van der Waals surface area contributed by atoms with Gasteiger partial charge in [-0.1, -0.05) is 68.8 Å². The van der Waals surface area contributed by atoms with Gasteiger partial charge < -0.3 is 19.7 Å². The molecule has 1 heterocycles. The predicted octanol–water partition coefficient (Wildman–Crippen LogP) is 4.08. The lowest BCUT2D eigenvalue weighted by atomic mass is 9.97. The van der Waals surface area contributed by atoms with Crippen LogP contribution < -0.4 is 5.32 Å². The Bertz CT molecular complexity index is 1050. The van der Waals surface area contributed by atoms with E-state index in [9.17, 15) is 14.9 Å². The smallest absolute Gasteiger partial charge is 0.407 e. The van der Waals surface area contributed by atoms with Crippen molar-refractivity contribution < 1.29 is 19.1 Å². The molecule has 1 aliphatic heterocycles. The lowest BCUT2D eigenvalue weighted by Gasteiger charge is -2.29. The minimum Gasteiger partial charge on any atom is -0.449 e. The van der Waals surface area contributed by atoms with E-state index in [1.165, 1.54) is 4.90 Å². The van der Waals surface area contributed by atoms with Crippen molar-refractivity contribution >= 4 is 12.0 Å². The van der Waals surface area contributed by atoms with Crippen molar-refractivity contribution in [2.75, 3.05) is 20.3 Å². The Hall–Kier alpha value is -3.37. The highest BCUT2D eigenvalue weighted by Gasteiger charge is 2.40. The van der Waals surface area contributed by atoms with E-state index < -0.39 is 18.2 Å². The van der Waals surface area contributed by atoms with Crippen LogP contribution in [0.3, 0.4) is 0 Å². The summed E-state index contributed by atoms with van der Waals surface area (Å²) in [5.74, 6) is -0.442. The molecule has 1 aliphatic carbocycles. The highest BCUT2D eigenvalue weighted by atomic mass is 16.5. The lowest BCUT2D eigenvalue weighted by molar-refractivity contribution is -0.135. The largest absolute Gasteiger partial charge is 0.449 e. The van der Waals surface area contributed by atoms with E-state index >= 15 is 0 Å². The third-order valence-corrected chi connectivity index (χ3v) is 7.12. The van der Waals surface area contributed by atoms with Crippen LogP contribution in [0.5, 0.6) is 0 Å². The summed E-state index contributed by atoms with van der Waals surface area (Å²) in [7, 11) is 1.58. The fourth-order valence-corrected chi connectivity index (χ4v) is 4.96. The van der Waals surface area contributed by atoms with Gasteiger partial charge in [0.05, 0.1) is 12.2 Å². The molecule has 2 aromatic rings. The zero-order chi connectivity index (χ0) is 24.2. The van der Waals surface area contributed by atoms with E-state index in [2.05, 4.69) is 35.7 Å². The van der Waals surface area contributed by atoms with Gasteiger partial charge >= 0.3 is 6.09 Å². The molecule has 2 amide bonds. The number of nitriles is 1. The van der Waals surface area contributed by atoms with Crippen LogP contribution in [0.25, 0.3) is 11.1 Å². The number of hydrogen-bond donors (Lipinski definition) is 1. The summed E-state index contributed by atoms with van der Waals surface area (Å²) in [5.41, 5.74) is 4.57. The summed E-state index contributed by atoms with van der Waals surface area (Å²) in [6, 6.07) is 17.1. The van der Waals surface area contributed by atoms with E-state index in [-0.39, 0.29) is 30.5 Å². The van der Waals surface area contributed by atoms with E-state index in [1.54, 1.807) is 7.11 Å². The van der Waals surface area contributed by atoms with Crippen LogP contribution in [0.2, 0.25) is 0 Å². The molecule has 34 heavy (non-hydrogen) atoms. The molecular formula is C27H31N3O4. The zero-order valence-corrected chi connectivity index (χ0v) is 19.9. The molecule has 0 radical (unpaired) electrons. The number of carbonyl (C=O) groups excluding carboxylic acids is 2. The predicted molar refractivity (Wildman–Crippen MR) is 128 cm³/mol. The quantitative estimate of drug-likeness (QED) is 0.671. The Morgan fingerprint density at radius 3 is 2.32 bits per heavy atom. The number of nitrogens with zero attached hydrogens (tertiary/aromatic N) is 2. The number of carbonyl (C=O) groups is 2. The summed E-state index contributed by atoms with van der Waals surface area (Å²) in [5, 5.41) is 12.3. The molecule has 2 aliphatic rings. The minimum absolute atomic E-state index is 0.0556. The molecule has 1 saturated heterocycles. The highest BCUT2D eigenvalue weighted by molar-refractivity contribution is 5.87. The number of nitrogens with one attached hydrogen (secondary N) is 1. The van der Waals surface area contributed by atoms with Gasteiger partial charge in [-0.2, -0.15) is 5.26 Å². The first kappa shape index (κ1) is 23.8. The molecule has 4 rings (SSSR count). The third kappa shape index (κ3) is 4.51. The Balaban J connectivity index is 1.45. The average Bonchev–Trinajstić information content (AvgIpc) is 3.44. The Labute approximate surface area is 200 Å². The molecule has 0 bridgehead atoms. The molecule has 7 nitrogen and oxygen atoms in total. The second kappa shape index (κ2) is 10.3. The number of benzene rings is 2. The van der Waals surface area contributed by atoms with Crippen molar-refractivity contribution in [2.45, 2.75) is 50.8 Å². The molecule has 2 aromatic carbocycles. The molecule has 0 saturated carbocycles. The van der Waals surface area contributed by atoms with Gasteiger partial charge in [-0.05, 0) is 28.2 Å². The molecule has 178 valence electrons. The Morgan fingerprint density at radius 1 is 1.15 bits per heavy atom. The van der Waals surface area contributed by atoms with Gasteiger partial charge in [-0.15, -0.1) is 0 Å². The maximum Gasteiger partial charge on any atom is 0.407 e. The number of alkyl carbamates (subject to hydrolysis) is 1. The molecule has 7 heteroatoms. The third-order valence-electron chi connectivity index (χ3n) is 7.12. The number of rotatable bonds is 7. The molecular weight excluding hydrogens is 430 g/mol. The van der Waals surface area contributed by atoms with Crippen LogP contribution in [-0.2, 0) is 14.3 Å². The van der Waals surface area contributed by atoms with Crippen LogP contribution in [0.15, 0.2) is 48.5 Å². The monoisotopic (exact) mass is 461 g/mol. The second-order valence-corrected chi connectivity index (χ2v) is 9.06. The molecule has 0 aromatic heterocycles. The fraction of sp³-hybridized carbons (Fsp3) is 0.444. The topological polar surface area (TPSA) is 91.7 Å². The first-order valence-corrected chi connectivity index (χ1v) is 11.8. The van der Waals surface area contributed by atoms with E-state index in [4.69, 9.17) is 9.47 Å². The van der Waals surface area contributed by atoms with Crippen LogP contribution >= 0.6 is 0 Å².